The summed E-state index contributed by atoms with van der Waals surface area (Å²) < 4.78 is 5.15. The summed E-state index contributed by atoms with van der Waals surface area (Å²) in [5, 5.41) is 7.82. The predicted octanol–water partition coefficient (Wildman–Crippen LogP) is 3.42. The number of carbonyl (C=O) groups excluding carboxylic acids is 2. The summed E-state index contributed by atoms with van der Waals surface area (Å²) >= 11 is 0. The van der Waals surface area contributed by atoms with Crippen LogP contribution in [-0.4, -0.2) is 30.3 Å². The number of nitrogens with one attached hydrogen (secondary N) is 1. The topological polar surface area (TPSA) is 71.0 Å². The molecule has 1 fully saturated rings. The first kappa shape index (κ1) is 18.6. The van der Waals surface area contributed by atoms with Crippen molar-refractivity contribution in [3.05, 3.63) is 64.2 Å². The standard InChI is InChI=1S/C21H23N3O3/c1-13-10-14(2)18(15(3)11-13)12-22-24-19(25)21(4,23-20(24)26)16-6-8-17(27-5)9-7-16/h6-12H,1-5H3,(H,23,26)/b22-12-/t21-/m0/s1. The largest absolute Gasteiger partial charge is 0.497 e. The Hall–Kier alpha value is -3.15. The molecule has 0 radical (unpaired) electrons. The maximum absolute atomic E-state index is 12.9. The van der Waals surface area contributed by atoms with Gasteiger partial charge in [-0.3, -0.25) is 4.79 Å². The summed E-state index contributed by atoms with van der Waals surface area (Å²) in [7, 11) is 1.57. The first-order valence-electron chi connectivity index (χ1n) is 8.69. The lowest BCUT2D eigenvalue weighted by Crippen LogP contribution is -2.40. The predicted molar refractivity (Wildman–Crippen MR) is 104 cm³/mol. The second kappa shape index (κ2) is 6.87. The minimum atomic E-state index is -1.17. The van der Waals surface area contributed by atoms with Crippen LogP contribution in [0.1, 0.15) is 34.7 Å². The van der Waals surface area contributed by atoms with Gasteiger partial charge in [0.2, 0.25) is 0 Å². The molecule has 1 aliphatic heterocycles. The molecule has 27 heavy (non-hydrogen) atoms. The van der Waals surface area contributed by atoms with Gasteiger partial charge in [0.25, 0.3) is 5.91 Å². The number of benzene rings is 2. The van der Waals surface area contributed by atoms with Gasteiger partial charge >= 0.3 is 6.03 Å². The maximum atomic E-state index is 12.9. The van der Waals surface area contributed by atoms with E-state index in [1.165, 1.54) is 0 Å². The van der Waals surface area contributed by atoms with Crippen molar-refractivity contribution in [2.24, 2.45) is 5.10 Å². The van der Waals surface area contributed by atoms with Crippen LogP contribution >= 0.6 is 0 Å². The van der Waals surface area contributed by atoms with Crippen LogP contribution < -0.4 is 10.1 Å². The van der Waals surface area contributed by atoms with Crippen LogP contribution in [0.25, 0.3) is 0 Å². The monoisotopic (exact) mass is 365 g/mol. The van der Waals surface area contributed by atoms with Gasteiger partial charge in [-0.05, 0) is 56.5 Å². The van der Waals surface area contributed by atoms with E-state index >= 15 is 0 Å². The molecule has 0 spiro atoms. The minimum absolute atomic E-state index is 0.420. The van der Waals surface area contributed by atoms with Gasteiger partial charge in [-0.15, -0.1) is 5.01 Å². The van der Waals surface area contributed by atoms with Crippen molar-refractivity contribution in [1.82, 2.24) is 10.3 Å². The number of aryl methyl sites for hydroxylation is 3. The lowest BCUT2D eigenvalue weighted by atomic mass is 9.92. The van der Waals surface area contributed by atoms with Gasteiger partial charge in [0, 0.05) is 5.56 Å². The summed E-state index contributed by atoms with van der Waals surface area (Å²) in [6.07, 6.45) is 1.57. The molecule has 1 saturated heterocycles. The summed E-state index contributed by atoms with van der Waals surface area (Å²) in [5.74, 6) is 0.260. The van der Waals surface area contributed by atoms with E-state index in [9.17, 15) is 9.59 Å². The van der Waals surface area contributed by atoms with E-state index in [-0.39, 0.29) is 0 Å². The fourth-order valence-electron chi connectivity index (χ4n) is 3.36. The molecule has 6 nitrogen and oxygen atoms in total. The van der Waals surface area contributed by atoms with Crippen molar-refractivity contribution >= 4 is 18.2 Å². The zero-order chi connectivity index (χ0) is 19.8. The van der Waals surface area contributed by atoms with Crippen molar-refractivity contribution in [3.63, 3.8) is 0 Å². The summed E-state index contributed by atoms with van der Waals surface area (Å²) in [4.78, 5) is 25.3. The molecular weight excluding hydrogens is 342 g/mol. The average molecular weight is 365 g/mol. The number of urea groups is 1. The van der Waals surface area contributed by atoms with Crippen LogP contribution in [0.3, 0.4) is 0 Å². The Balaban J connectivity index is 1.90. The summed E-state index contributed by atoms with van der Waals surface area (Å²) in [5.41, 5.74) is 3.64. The Labute approximate surface area is 158 Å². The highest BCUT2D eigenvalue weighted by atomic mass is 16.5. The third-order valence-corrected chi connectivity index (χ3v) is 4.88. The van der Waals surface area contributed by atoms with Crippen LogP contribution in [-0.2, 0) is 10.3 Å². The number of hydrazone groups is 1. The first-order valence-corrected chi connectivity index (χ1v) is 8.69. The molecule has 0 bridgehead atoms. The van der Waals surface area contributed by atoms with Crippen molar-refractivity contribution in [1.29, 1.82) is 0 Å². The van der Waals surface area contributed by atoms with Crippen molar-refractivity contribution in [2.75, 3.05) is 7.11 Å². The molecule has 3 amide bonds. The number of amides is 3. The maximum Gasteiger partial charge on any atom is 0.346 e. The Morgan fingerprint density at radius 1 is 1.07 bits per heavy atom. The summed E-state index contributed by atoms with van der Waals surface area (Å²) in [6, 6.07) is 10.6. The number of hydrogen-bond donors (Lipinski definition) is 1. The third kappa shape index (κ3) is 3.30. The quantitative estimate of drug-likeness (QED) is 0.667. The van der Waals surface area contributed by atoms with E-state index in [2.05, 4.69) is 10.4 Å². The number of rotatable bonds is 4. The molecule has 0 aliphatic carbocycles. The van der Waals surface area contributed by atoms with Crippen LogP contribution in [0.2, 0.25) is 0 Å². The smallest absolute Gasteiger partial charge is 0.346 e. The Morgan fingerprint density at radius 3 is 2.22 bits per heavy atom. The van der Waals surface area contributed by atoms with Gasteiger partial charge in [-0.25, -0.2) is 4.79 Å². The molecule has 6 heteroatoms. The van der Waals surface area contributed by atoms with Gasteiger partial charge < -0.3 is 10.1 Å². The average Bonchev–Trinajstić information content (AvgIpc) is 2.84. The highest BCUT2D eigenvalue weighted by molar-refractivity contribution is 6.07. The Morgan fingerprint density at radius 2 is 1.67 bits per heavy atom. The van der Waals surface area contributed by atoms with E-state index in [0.717, 1.165) is 27.3 Å². The molecule has 1 atom stereocenters. The number of methoxy groups -OCH3 is 1. The van der Waals surface area contributed by atoms with Gasteiger partial charge in [-0.2, -0.15) is 5.10 Å². The van der Waals surface area contributed by atoms with Crippen LogP contribution in [0, 0.1) is 20.8 Å². The van der Waals surface area contributed by atoms with E-state index in [1.54, 1.807) is 44.5 Å². The number of imide groups is 1. The highest BCUT2D eigenvalue weighted by Gasteiger charge is 2.49. The number of nitrogens with zero attached hydrogens (tertiary/aromatic N) is 2. The summed E-state index contributed by atoms with van der Waals surface area (Å²) in [6.45, 7) is 7.66. The Kier molecular flexibility index (Phi) is 4.74. The normalized spacial score (nSPS) is 19.7. The number of hydrogen-bond acceptors (Lipinski definition) is 4. The zero-order valence-electron chi connectivity index (χ0n) is 16.2. The molecule has 1 N–H and O–H groups in total. The molecule has 3 rings (SSSR count). The third-order valence-electron chi connectivity index (χ3n) is 4.88. The first-order chi connectivity index (χ1) is 12.8. The Bertz CT molecular complexity index is 911. The molecule has 0 unspecified atom stereocenters. The number of ether oxygens (including phenoxy) is 1. The molecule has 1 aliphatic rings. The van der Waals surface area contributed by atoms with Crippen LogP contribution in [0.5, 0.6) is 5.75 Å². The van der Waals surface area contributed by atoms with E-state index in [0.29, 0.717) is 11.3 Å². The molecule has 0 saturated carbocycles. The molecule has 2 aromatic rings. The second-order valence-corrected chi connectivity index (χ2v) is 6.96. The van der Waals surface area contributed by atoms with E-state index in [4.69, 9.17) is 4.74 Å². The minimum Gasteiger partial charge on any atom is -0.497 e. The highest BCUT2D eigenvalue weighted by Crippen LogP contribution is 2.30. The number of carbonyl (C=O) groups is 2. The lowest BCUT2D eigenvalue weighted by Gasteiger charge is -2.21. The van der Waals surface area contributed by atoms with E-state index in [1.807, 2.05) is 32.9 Å². The fourth-order valence-corrected chi connectivity index (χ4v) is 3.36. The van der Waals surface area contributed by atoms with Gasteiger partial charge in [0.05, 0.1) is 13.3 Å². The van der Waals surface area contributed by atoms with E-state index < -0.39 is 17.5 Å². The molecular formula is C21H23N3O3. The van der Waals surface area contributed by atoms with Crippen molar-refractivity contribution < 1.29 is 14.3 Å². The van der Waals surface area contributed by atoms with Crippen molar-refractivity contribution in [2.45, 2.75) is 33.2 Å². The lowest BCUT2D eigenvalue weighted by molar-refractivity contribution is -0.131. The zero-order valence-corrected chi connectivity index (χ0v) is 16.2. The second-order valence-electron chi connectivity index (χ2n) is 6.96. The molecule has 1 heterocycles. The molecule has 0 aromatic heterocycles. The van der Waals surface area contributed by atoms with Crippen molar-refractivity contribution in [3.8, 4) is 5.75 Å². The van der Waals surface area contributed by atoms with Gasteiger partial charge in [0.1, 0.15) is 11.3 Å². The van der Waals surface area contributed by atoms with Crippen LogP contribution in [0.4, 0.5) is 4.79 Å². The van der Waals surface area contributed by atoms with Gasteiger partial charge in [-0.1, -0.05) is 29.8 Å². The fraction of sp³-hybridized carbons (Fsp3) is 0.286. The molecule has 140 valence electrons. The molecule has 2 aromatic carbocycles. The SMILES string of the molecule is COc1ccc([C@]2(C)NC(=O)N(/N=C\c3c(C)cc(C)cc3C)C2=O)cc1. The van der Waals surface area contributed by atoms with Crippen LogP contribution in [0.15, 0.2) is 41.5 Å². The van der Waals surface area contributed by atoms with Gasteiger partial charge in [0.15, 0.2) is 0 Å².